The van der Waals surface area contributed by atoms with Gasteiger partial charge in [-0.2, -0.15) is 0 Å². The molecule has 0 bridgehead atoms. The minimum Gasteiger partial charge on any atom is -0.381 e. The van der Waals surface area contributed by atoms with Gasteiger partial charge in [0.15, 0.2) is 0 Å². The number of nitrogens with zero attached hydrogens (tertiary/aromatic N) is 1. The Morgan fingerprint density at radius 2 is 2.25 bits per heavy atom. The molecule has 0 spiro atoms. The highest BCUT2D eigenvalue weighted by molar-refractivity contribution is 7.09. The molecule has 0 unspecified atom stereocenters. The highest BCUT2D eigenvalue weighted by atomic mass is 32.1. The first-order chi connectivity index (χ1) is 7.84. The maximum Gasteiger partial charge on any atom is 0.0797 e. The Morgan fingerprint density at radius 1 is 1.38 bits per heavy atom. The van der Waals surface area contributed by atoms with Crippen LogP contribution in [0.5, 0.6) is 0 Å². The zero-order valence-corrected chi connectivity index (χ0v) is 11.1. The van der Waals surface area contributed by atoms with Gasteiger partial charge in [-0.1, -0.05) is 6.92 Å². The van der Waals surface area contributed by atoms with Gasteiger partial charge in [0.05, 0.1) is 17.8 Å². The van der Waals surface area contributed by atoms with Crippen LogP contribution in [-0.2, 0) is 11.2 Å². The molecule has 1 N–H and O–H groups in total. The first kappa shape index (κ1) is 13.6. The molecule has 1 rings (SSSR count). The molecule has 3 nitrogen and oxygen atoms in total. The van der Waals surface area contributed by atoms with Crippen LogP contribution in [0, 0.1) is 6.92 Å². The van der Waals surface area contributed by atoms with E-state index in [1.54, 1.807) is 11.3 Å². The van der Waals surface area contributed by atoms with E-state index in [0.29, 0.717) is 0 Å². The molecule has 0 aromatic carbocycles. The van der Waals surface area contributed by atoms with E-state index in [4.69, 9.17) is 4.74 Å². The maximum atomic E-state index is 5.58. The Bertz CT molecular complexity index is 276. The Labute approximate surface area is 102 Å². The molecular weight excluding hydrogens is 220 g/mol. The average molecular weight is 242 g/mol. The van der Waals surface area contributed by atoms with Crippen molar-refractivity contribution in [3.8, 4) is 0 Å². The van der Waals surface area contributed by atoms with Crippen LogP contribution in [0.2, 0.25) is 0 Å². The number of hydrogen-bond acceptors (Lipinski definition) is 4. The normalized spacial score (nSPS) is 10.9. The van der Waals surface area contributed by atoms with Gasteiger partial charge in [-0.3, -0.25) is 0 Å². The first-order valence-electron chi connectivity index (χ1n) is 6.02. The van der Waals surface area contributed by atoms with E-state index in [9.17, 15) is 0 Å². The van der Waals surface area contributed by atoms with Gasteiger partial charge >= 0.3 is 0 Å². The van der Waals surface area contributed by atoms with Gasteiger partial charge in [-0.25, -0.2) is 4.98 Å². The number of rotatable bonds is 9. The molecule has 0 fully saturated rings. The lowest BCUT2D eigenvalue weighted by Crippen LogP contribution is -2.17. The number of aryl methyl sites for hydroxylation is 1. The lowest BCUT2D eigenvalue weighted by atomic mass is 10.3. The molecule has 4 heteroatoms. The molecule has 0 atom stereocenters. The molecule has 0 amide bonds. The second-order valence-corrected chi connectivity index (χ2v) is 4.77. The van der Waals surface area contributed by atoms with Crippen molar-refractivity contribution in [2.24, 2.45) is 0 Å². The summed E-state index contributed by atoms with van der Waals surface area (Å²) in [5, 5.41) is 3.36. The van der Waals surface area contributed by atoms with Crippen molar-refractivity contribution in [2.45, 2.75) is 33.1 Å². The molecular formula is C12H22N2OS. The zero-order valence-electron chi connectivity index (χ0n) is 10.3. The van der Waals surface area contributed by atoms with E-state index in [1.807, 2.05) is 5.51 Å². The summed E-state index contributed by atoms with van der Waals surface area (Å²) in [4.78, 5) is 5.57. The van der Waals surface area contributed by atoms with Crippen LogP contribution < -0.4 is 5.32 Å². The van der Waals surface area contributed by atoms with Crippen LogP contribution in [0.3, 0.4) is 0 Å². The van der Waals surface area contributed by atoms with Crippen LogP contribution in [-0.4, -0.2) is 31.3 Å². The molecule has 0 saturated carbocycles. The third-order valence-electron chi connectivity index (χ3n) is 2.39. The number of ether oxygens (including phenoxy) is 1. The van der Waals surface area contributed by atoms with Crippen molar-refractivity contribution in [3.05, 3.63) is 16.1 Å². The number of thiazole rings is 1. The van der Waals surface area contributed by atoms with Gasteiger partial charge in [0.25, 0.3) is 0 Å². The van der Waals surface area contributed by atoms with Crippen molar-refractivity contribution in [2.75, 3.05) is 26.3 Å². The third-order valence-corrected chi connectivity index (χ3v) is 3.38. The van der Waals surface area contributed by atoms with E-state index in [0.717, 1.165) is 44.8 Å². The predicted molar refractivity (Wildman–Crippen MR) is 69.2 cm³/mol. The minimum absolute atomic E-state index is 0.816. The minimum atomic E-state index is 0.816. The number of aromatic nitrogens is 1. The van der Waals surface area contributed by atoms with Crippen molar-refractivity contribution < 1.29 is 4.74 Å². The van der Waals surface area contributed by atoms with E-state index in [1.165, 1.54) is 11.3 Å². The van der Waals surface area contributed by atoms with Crippen LogP contribution >= 0.6 is 11.3 Å². The van der Waals surface area contributed by atoms with Crippen LogP contribution in [0.1, 0.15) is 30.3 Å². The quantitative estimate of drug-likeness (QED) is 0.675. The van der Waals surface area contributed by atoms with E-state index in [-0.39, 0.29) is 0 Å². The Hall–Kier alpha value is -0.450. The third kappa shape index (κ3) is 5.58. The maximum absolute atomic E-state index is 5.58. The fraction of sp³-hybridized carbons (Fsp3) is 0.750. The highest BCUT2D eigenvalue weighted by Gasteiger charge is 2.00. The summed E-state index contributed by atoms with van der Waals surface area (Å²) in [7, 11) is 0. The fourth-order valence-corrected chi connectivity index (χ4v) is 2.20. The Balaban J connectivity index is 1.91. The smallest absolute Gasteiger partial charge is 0.0797 e. The summed E-state index contributed by atoms with van der Waals surface area (Å²) in [5.41, 5.74) is 3.05. The van der Waals surface area contributed by atoms with Crippen LogP contribution in [0.15, 0.2) is 5.51 Å². The molecule has 16 heavy (non-hydrogen) atoms. The molecule has 0 aliphatic rings. The number of hydrogen-bond donors (Lipinski definition) is 1. The second kappa shape index (κ2) is 8.67. The summed E-state index contributed by atoms with van der Waals surface area (Å²) < 4.78 is 5.58. The molecule has 0 aliphatic carbocycles. The Morgan fingerprint density at radius 3 is 2.94 bits per heavy atom. The van der Waals surface area contributed by atoms with Gasteiger partial charge < -0.3 is 10.1 Å². The van der Waals surface area contributed by atoms with Crippen molar-refractivity contribution in [1.82, 2.24) is 10.3 Å². The van der Waals surface area contributed by atoms with Gasteiger partial charge in [0.2, 0.25) is 0 Å². The highest BCUT2D eigenvalue weighted by Crippen LogP contribution is 2.12. The van der Waals surface area contributed by atoms with Gasteiger partial charge in [-0.15, -0.1) is 11.3 Å². The van der Waals surface area contributed by atoms with E-state index >= 15 is 0 Å². The summed E-state index contributed by atoms with van der Waals surface area (Å²) in [6.07, 6.45) is 3.30. The monoisotopic (exact) mass is 242 g/mol. The van der Waals surface area contributed by atoms with E-state index in [2.05, 4.69) is 24.1 Å². The van der Waals surface area contributed by atoms with Gasteiger partial charge in [-0.05, 0) is 32.9 Å². The summed E-state index contributed by atoms with van der Waals surface area (Å²) in [6.45, 7) is 8.08. The van der Waals surface area contributed by atoms with E-state index < -0.39 is 0 Å². The molecule has 1 heterocycles. The molecule has 92 valence electrons. The topological polar surface area (TPSA) is 34.1 Å². The fourth-order valence-electron chi connectivity index (χ4n) is 1.43. The Kier molecular flexibility index (Phi) is 7.38. The van der Waals surface area contributed by atoms with Crippen molar-refractivity contribution in [3.63, 3.8) is 0 Å². The lowest BCUT2D eigenvalue weighted by Gasteiger charge is -2.04. The summed E-state index contributed by atoms with van der Waals surface area (Å²) >= 11 is 1.72. The summed E-state index contributed by atoms with van der Waals surface area (Å²) in [6, 6.07) is 0. The predicted octanol–water partition coefficient (Wildman–Crippen LogP) is 2.40. The van der Waals surface area contributed by atoms with Gasteiger partial charge in [0, 0.05) is 17.9 Å². The standard InChI is InChI=1S/C12H22N2OS/c1-3-6-13-7-4-8-15-9-5-12-11(2)14-10-16-12/h10,13H,3-9H2,1-2H3. The van der Waals surface area contributed by atoms with Crippen molar-refractivity contribution >= 4 is 11.3 Å². The lowest BCUT2D eigenvalue weighted by molar-refractivity contribution is 0.135. The second-order valence-electron chi connectivity index (χ2n) is 3.83. The van der Waals surface area contributed by atoms with Crippen LogP contribution in [0.4, 0.5) is 0 Å². The SMILES string of the molecule is CCCNCCCOCCc1scnc1C. The molecule has 1 aromatic heterocycles. The van der Waals surface area contributed by atoms with Gasteiger partial charge in [0.1, 0.15) is 0 Å². The van der Waals surface area contributed by atoms with Crippen molar-refractivity contribution in [1.29, 1.82) is 0 Å². The average Bonchev–Trinajstić information content (AvgIpc) is 2.68. The molecule has 0 radical (unpaired) electrons. The molecule has 0 aliphatic heterocycles. The molecule has 1 aromatic rings. The zero-order chi connectivity index (χ0) is 11.6. The number of nitrogens with one attached hydrogen (secondary N) is 1. The molecule has 0 saturated heterocycles. The largest absolute Gasteiger partial charge is 0.381 e. The summed E-state index contributed by atoms with van der Waals surface area (Å²) in [5.74, 6) is 0. The first-order valence-corrected chi connectivity index (χ1v) is 6.90. The van der Waals surface area contributed by atoms with Crippen LogP contribution in [0.25, 0.3) is 0 Å².